The number of nitrogens with zero attached hydrogens (tertiary/aromatic N) is 5. The Hall–Kier alpha value is -4.24. The molecule has 5 rings (SSSR count). The molecule has 0 N–H and O–H groups in total. The zero-order chi connectivity index (χ0) is 28.4. The highest BCUT2D eigenvalue weighted by atomic mass is 79.9. The van der Waals surface area contributed by atoms with Gasteiger partial charge in [0.25, 0.3) is 5.56 Å². The number of hydrogen-bond acceptors (Lipinski definition) is 4. The van der Waals surface area contributed by atoms with E-state index in [1.54, 1.807) is 22.8 Å². The minimum Gasteiger partial charge on any atom is -0.340 e. The number of benzene rings is 3. The number of aromatic nitrogens is 4. The predicted octanol–water partition coefficient (Wildman–Crippen LogP) is 4.49. The van der Waals surface area contributed by atoms with Crippen LogP contribution in [0.25, 0.3) is 11.2 Å². The summed E-state index contributed by atoms with van der Waals surface area (Å²) in [5.74, 6) is -0.333. The van der Waals surface area contributed by atoms with E-state index in [1.165, 1.54) is 4.57 Å². The van der Waals surface area contributed by atoms with Crippen LogP contribution in [0.15, 0.2) is 93.2 Å². The van der Waals surface area contributed by atoms with Gasteiger partial charge < -0.3 is 9.47 Å². The Balaban J connectivity index is 1.55. The molecule has 0 unspecified atom stereocenters. The standard InChI is InChI=1S/C31H30BrN5O3/c1-21-14-25(32)15-22(2)26(21)18-34(3)27(38)19-37-30(39)28-29(33-20-35(28)16-23-10-6-4-7-11-23)36(31(37)40)17-24-12-8-5-9-13-24/h4-15,20H,16-19H2,1-3H3. The van der Waals surface area contributed by atoms with Crippen molar-refractivity contribution in [2.45, 2.75) is 40.0 Å². The van der Waals surface area contributed by atoms with Gasteiger partial charge in [-0.15, -0.1) is 0 Å². The van der Waals surface area contributed by atoms with Crippen LogP contribution in [-0.4, -0.2) is 36.5 Å². The van der Waals surface area contributed by atoms with Crippen LogP contribution in [0.2, 0.25) is 0 Å². The quantitative estimate of drug-likeness (QED) is 0.263. The first-order valence-electron chi connectivity index (χ1n) is 13.0. The molecule has 5 aromatic rings. The van der Waals surface area contributed by atoms with Gasteiger partial charge in [0, 0.05) is 24.6 Å². The Morgan fingerprint density at radius 2 is 1.45 bits per heavy atom. The Kier molecular flexibility index (Phi) is 7.84. The highest BCUT2D eigenvalue weighted by Crippen LogP contribution is 2.22. The smallest absolute Gasteiger partial charge is 0.333 e. The molecule has 204 valence electrons. The summed E-state index contributed by atoms with van der Waals surface area (Å²) in [6, 6.07) is 23.3. The van der Waals surface area contributed by atoms with Gasteiger partial charge in [0.2, 0.25) is 5.91 Å². The van der Waals surface area contributed by atoms with Crippen LogP contribution in [0.1, 0.15) is 27.8 Å². The Morgan fingerprint density at radius 3 is 2.05 bits per heavy atom. The predicted molar refractivity (Wildman–Crippen MR) is 159 cm³/mol. The number of likely N-dealkylation sites (N-methyl/N-ethyl adjacent to an activating group) is 1. The van der Waals surface area contributed by atoms with E-state index in [-0.39, 0.29) is 24.5 Å². The number of imidazole rings is 1. The van der Waals surface area contributed by atoms with Gasteiger partial charge in [0.1, 0.15) is 6.54 Å². The van der Waals surface area contributed by atoms with Crippen molar-refractivity contribution >= 4 is 33.0 Å². The molecule has 40 heavy (non-hydrogen) atoms. The SMILES string of the molecule is Cc1cc(Br)cc(C)c1CN(C)C(=O)Cn1c(=O)c2c(ncn2Cc2ccccc2)n(Cc2ccccc2)c1=O. The van der Waals surface area contributed by atoms with Gasteiger partial charge in [-0.05, 0) is 53.8 Å². The fraction of sp³-hybridized carbons (Fsp3) is 0.226. The second-order valence-electron chi connectivity index (χ2n) is 10.0. The summed E-state index contributed by atoms with van der Waals surface area (Å²) in [6.45, 7) is 4.63. The van der Waals surface area contributed by atoms with E-state index in [2.05, 4.69) is 20.9 Å². The lowest BCUT2D eigenvalue weighted by Crippen LogP contribution is -2.44. The molecule has 0 aliphatic carbocycles. The van der Waals surface area contributed by atoms with Gasteiger partial charge in [0.05, 0.1) is 12.9 Å². The first kappa shape index (κ1) is 27.3. The largest absolute Gasteiger partial charge is 0.340 e. The van der Waals surface area contributed by atoms with Crippen LogP contribution >= 0.6 is 15.9 Å². The number of aryl methyl sites for hydroxylation is 2. The summed E-state index contributed by atoms with van der Waals surface area (Å²) in [4.78, 5) is 47.0. The maximum atomic E-state index is 13.8. The van der Waals surface area contributed by atoms with Crippen LogP contribution < -0.4 is 11.2 Å². The van der Waals surface area contributed by atoms with Crippen molar-refractivity contribution in [2.75, 3.05) is 7.05 Å². The lowest BCUT2D eigenvalue weighted by Gasteiger charge is -2.21. The van der Waals surface area contributed by atoms with Crippen molar-refractivity contribution in [3.8, 4) is 0 Å². The number of fused-ring (bicyclic) bond motifs is 1. The first-order valence-corrected chi connectivity index (χ1v) is 13.8. The summed E-state index contributed by atoms with van der Waals surface area (Å²) in [7, 11) is 1.69. The normalized spacial score (nSPS) is 11.2. The van der Waals surface area contributed by atoms with E-state index in [0.717, 1.165) is 36.9 Å². The van der Waals surface area contributed by atoms with Gasteiger partial charge in [-0.2, -0.15) is 0 Å². The lowest BCUT2D eigenvalue weighted by molar-refractivity contribution is -0.131. The van der Waals surface area contributed by atoms with E-state index in [0.29, 0.717) is 18.7 Å². The minimum absolute atomic E-state index is 0.222. The van der Waals surface area contributed by atoms with Crippen molar-refractivity contribution in [2.24, 2.45) is 0 Å². The summed E-state index contributed by atoms with van der Waals surface area (Å²) < 4.78 is 5.23. The molecule has 3 aromatic carbocycles. The van der Waals surface area contributed by atoms with E-state index in [1.807, 2.05) is 86.6 Å². The monoisotopic (exact) mass is 599 g/mol. The molecule has 0 bridgehead atoms. The highest BCUT2D eigenvalue weighted by molar-refractivity contribution is 9.10. The summed E-state index contributed by atoms with van der Waals surface area (Å²) in [5.41, 5.74) is 4.51. The summed E-state index contributed by atoms with van der Waals surface area (Å²) in [6.07, 6.45) is 1.58. The second-order valence-corrected chi connectivity index (χ2v) is 11.0. The van der Waals surface area contributed by atoms with Crippen molar-refractivity contribution < 1.29 is 4.79 Å². The van der Waals surface area contributed by atoms with E-state index in [9.17, 15) is 14.4 Å². The molecular formula is C31H30BrN5O3. The maximum absolute atomic E-state index is 13.8. The average Bonchev–Trinajstić information content (AvgIpc) is 3.35. The number of carbonyl (C=O) groups excluding carboxylic acids is 1. The lowest BCUT2D eigenvalue weighted by atomic mass is 10.0. The van der Waals surface area contributed by atoms with Crippen LogP contribution in [-0.2, 0) is 31.0 Å². The van der Waals surface area contributed by atoms with Crippen LogP contribution in [0, 0.1) is 13.8 Å². The summed E-state index contributed by atoms with van der Waals surface area (Å²) >= 11 is 3.51. The Morgan fingerprint density at radius 1 is 0.875 bits per heavy atom. The molecular weight excluding hydrogens is 570 g/mol. The van der Waals surface area contributed by atoms with E-state index in [4.69, 9.17) is 0 Å². The molecule has 2 heterocycles. The molecule has 0 saturated carbocycles. The minimum atomic E-state index is -0.566. The van der Waals surface area contributed by atoms with E-state index < -0.39 is 11.2 Å². The van der Waals surface area contributed by atoms with E-state index >= 15 is 0 Å². The summed E-state index contributed by atoms with van der Waals surface area (Å²) in [5, 5.41) is 0. The third-order valence-corrected chi connectivity index (χ3v) is 7.60. The molecule has 9 heteroatoms. The molecule has 1 amide bonds. The molecule has 0 fully saturated rings. The topological polar surface area (TPSA) is 82.1 Å². The number of hydrogen-bond donors (Lipinski definition) is 0. The molecule has 8 nitrogen and oxygen atoms in total. The number of amides is 1. The van der Waals surface area contributed by atoms with Crippen LogP contribution in [0.5, 0.6) is 0 Å². The molecule has 0 aliphatic heterocycles. The van der Waals surface area contributed by atoms with Gasteiger partial charge in [-0.3, -0.25) is 14.2 Å². The number of halogens is 1. The number of carbonyl (C=O) groups is 1. The zero-order valence-electron chi connectivity index (χ0n) is 22.7. The van der Waals surface area contributed by atoms with Gasteiger partial charge in [-0.1, -0.05) is 76.6 Å². The third-order valence-electron chi connectivity index (χ3n) is 7.14. The molecule has 0 radical (unpaired) electrons. The van der Waals surface area contributed by atoms with Gasteiger partial charge >= 0.3 is 5.69 Å². The van der Waals surface area contributed by atoms with Crippen LogP contribution in [0.4, 0.5) is 0 Å². The van der Waals surface area contributed by atoms with Crippen molar-refractivity contribution in [3.05, 3.63) is 132 Å². The molecule has 0 spiro atoms. The number of rotatable bonds is 8. The zero-order valence-corrected chi connectivity index (χ0v) is 24.3. The average molecular weight is 601 g/mol. The van der Waals surface area contributed by atoms with Crippen LogP contribution in [0.3, 0.4) is 0 Å². The second kappa shape index (κ2) is 11.5. The fourth-order valence-electron chi connectivity index (χ4n) is 4.96. The fourth-order valence-corrected chi connectivity index (χ4v) is 5.64. The van der Waals surface area contributed by atoms with Crippen molar-refractivity contribution in [3.63, 3.8) is 0 Å². The van der Waals surface area contributed by atoms with Gasteiger partial charge in [-0.25, -0.2) is 14.3 Å². The van der Waals surface area contributed by atoms with Crippen molar-refractivity contribution in [1.29, 1.82) is 0 Å². The molecule has 0 saturated heterocycles. The maximum Gasteiger partial charge on any atom is 0.333 e. The molecule has 0 atom stereocenters. The van der Waals surface area contributed by atoms with Crippen molar-refractivity contribution in [1.82, 2.24) is 23.6 Å². The Labute approximate surface area is 240 Å². The van der Waals surface area contributed by atoms with Gasteiger partial charge in [0.15, 0.2) is 11.2 Å². The third kappa shape index (κ3) is 5.56. The molecule has 0 aliphatic rings. The highest BCUT2D eigenvalue weighted by Gasteiger charge is 2.22. The molecule has 2 aromatic heterocycles. The first-order chi connectivity index (χ1) is 19.2. The Bertz CT molecular complexity index is 1780.